The third-order valence-electron chi connectivity index (χ3n) is 2.74. The van der Waals surface area contributed by atoms with Crippen molar-refractivity contribution in [1.82, 2.24) is 0 Å². The van der Waals surface area contributed by atoms with Crippen molar-refractivity contribution in [2.24, 2.45) is 0 Å². The number of carbonyl (C=O) groups excluding carboxylic acids is 1. The summed E-state index contributed by atoms with van der Waals surface area (Å²) in [5, 5.41) is 0.551. The number of halogens is 4. The molecule has 0 atom stereocenters. The lowest BCUT2D eigenvalue weighted by Gasteiger charge is -2.10. The molecule has 0 spiro atoms. The first kappa shape index (κ1) is 16.5. The summed E-state index contributed by atoms with van der Waals surface area (Å²) in [6.45, 7) is 2.27. The Bertz CT molecular complexity index is 704. The standard InChI is InChI=1S/C15H10Cl2FIO2/c1-2-21-14-7-11(16)10(6-12(14)17)15(20)9-4-3-8(18)5-13(9)19/h3-7H,2H2,1H3. The molecule has 6 heteroatoms. The molecule has 0 aliphatic rings. The molecule has 0 saturated carbocycles. The topological polar surface area (TPSA) is 26.3 Å². The van der Waals surface area contributed by atoms with E-state index in [4.69, 9.17) is 27.9 Å². The SMILES string of the molecule is CCOc1cc(Cl)c(C(=O)c2ccc(F)cc2I)cc1Cl. The molecule has 2 aromatic carbocycles. The van der Waals surface area contributed by atoms with Gasteiger partial charge < -0.3 is 4.74 Å². The minimum atomic E-state index is -0.397. The molecule has 0 N–H and O–H groups in total. The molecular weight excluding hydrogens is 429 g/mol. The number of benzene rings is 2. The molecule has 0 aliphatic carbocycles. The van der Waals surface area contributed by atoms with Gasteiger partial charge in [-0.2, -0.15) is 0 Å². The number of hydrogen-bond donors (Lipinski definition) is 0. The third-order valence-corrected chi connectivity index (χ3v) is 4.24. The van der Waals surface area contributed by atoms with Gasteiger partial charge in [0.1, 0.15) is 11.6 Å². The number of rotatable bonds is 4. The molecule has 2 aromatic rings. The fraction of sp³-hybridized carbons (Fsp3) is 0.133. The van der Waals surface area contributed by atoms with E-state index in [1.165, 1.54) is 30.3 Å². The Labute approximate surface area is 145 Å². The van der Waals surface area contributed by atoms with Crippen molar-refractivity contribution in [2.45, 2.75) is 6.92 Å². The predicted molar refractivity (Wildman–Crippen MR) is 90.2 cm³/mol. The molecule has 0 bridgehead atoms. The fourth-order valence-corrected chi connectivity index (χ4v) is 2.97. The van der Waals surface area contributed by atoms with E-state index in [0.29, 0.717) is 26.5 Å². The second-order valence-electron chi connectivity index (χ2n) is 4.15. The van der Waals surface area contributed by atoms with E-state index in [0.717, 1.165) is 0 Å². The van der Waals surface area contributed by atoms with E-state index in [1.807, 2.05) is 29.5 Å². The van der Waals surface area contributed by atoms with Gasteiger partial charge in [0, 0.05) is 20.8 Å². The van der Waals surface area contributed by atoms with Crippen molar-refractivity contribution < 1.29 is 13.9 Å². The zero-order valence-electron chi connectivity index (χ0n) is 10.9. The first-order chi connectivity index (χ1) is 9.93. The summed E-state index contributed by atoms with van der Waals surface area (Å²) in [6.07, 6.45) is 0. The highest BCUT2D eigenvalue weighted by Gasteiger charge is 2.18. The Balaban J connectivity index is 2.46. The van der Waals surface area contributed by atoms with Crippen molar-refractivity contribution in [3.63, 3.8) is 0 Å². The van der Waals surface area contributed by atoms with Crippen LogP contribution in [-0.4, -0.2) is 12.4 Å². The Morgan fingerprint density at radius 3 is 2.52 bits per heavy atom. The second-order valence-corrected chi connectivity index (χ2v) is 6.13. The van der Waals surface area contributed by atoms with Crippen LogP contribution < -0.4 is 4.74 Å². The lowest BCUT2D eigenvalue weighted by Crippen LogP contribution is -2.06. The molecule has 0 fully saturated rings. The van der Waals surface area contributed by atoms with Gasteiger partial charge in [0.25, 0.3) is 0 Å². The molecule has 2 rings (SSSR count). The summed E-state index contributed by atoms with van der Waals surface area (Å²) in [7, 11) is 0. The van der Waals surface area contributed by atoms with Crippen LogP contribution in [0.4, 0.5) is 4.39 Å². The predicted octanol–water partition coefficient (Wildman–Crippen LogP) is 5.37. The van der Waals surface area contributed by atoms with Gasteiger partial charge in [-0.3, -0.25) is 4.79 Å². The van der Waals surface area contributed by atoms with Gasteiger partial charge in [-0.1, -0.05) is 23.2 Å². The van der Waals surface area contributed by atoms with Crippen LogP contribution in [0.3, 0.4) is 0 Å². The maximum Gasteiger partial charge on any atom is 0.195 e. The van der Waals surface area contributed by atoms with Crippen molar-refractivity contribution in [3.8, 4) is 5.75 Å². The van der Waals surface area contributed by atoms with Crippen LogP contribution in [-0.2, 0) is 0 Å². The number of ketones is 1. The number of hydrogen-bond acceptors (Lipinski definition) is 2. The molecule has 0 aromatic heterocycles. The van der Waals surface area contributed by atoms with Gasteiger partial charge >= 0.3 is 0 Å². The van der Waals surface area contributed by atoms with Gasteiger partial charge in [0.15, 0.2) is 5.78 Å². The first-order valence-electron chi connectivity index (χ1n) is 6.05. The maximum atomic E-state index is 13.1. The van der Waals surface area contributed by atoms with E-state index in [1.54, 1.807) is 0 Å². The lowest BCUT2D eigenvalue weighted by atomic mass is 10.0. The Morgan fingerprint density at radius 2 is 1.90 bits per heavy atom. The average Bonchev–Trinajstić information content (AvgIpc) is 2.42. The van der Waals surface area contributed by atoms with Crippen LogP contribution in [0.2, 0.25) is 10.0 Å². The molecule has 110 valence electrons. The van der Waals surface area contributed by atoms with Gasteiger partial charge in [-0.15, -0.1) is 0 Å². The van der Waals surface area contributed by atoms with Crippen LogP contribution in [0, 0.1) is 9.39 Å². The summed E-state index contributed by atoms with van der Waals surface area (Å²) < 4.78 is 18.9. The summed E-state index contributed by atoms with van der Waals surface area (Å²) in [5.74, 6) is -0.282. The molecule has 0 heterocycles. The summed E-state index contributed by atoms with van der Waals surface area (Å²) >= 11 is 14.1. The van der Waals surface area contributed by atoms with Crippen molar-refractivity contribution in [2.75, 3.05) is 6.61 Å². The van der Waals surface area contributed by atoms with Crippen molar-refractivity contribution in [3.05, 3.63) is 60.9 Å². The van der Waals surface area contributed by atoms with E-state index in [-0.39, 0.29) is 16.4 Å². The minimum Gasteiger partial charge on any atom is -0.492 e. The highest BCUT2D eigenvalue weighted by Crippen LogP contribution is 2.33. The van der Waals surface area contributed by atoms with Crippen molar-refractivity contribution in [1.29, 1.82) is 0 Å². The fourth-order valence-electron chi connectivity index (χ4n) is 1.79. The highest BCUT2D eigenvalue weighted by atomic mass is 127. The number of carbonyl (C=O) groups is 1. The molecule has 21 heavy (non-hydrogen) atoms. The van der Waals surface area contributed by atoms with Crippen LogP contribution >= 0.6 is 45.8 Å². The highest BCUT2D eigenvalue weighted by molar-refractivity contribution is 14.1. The zero-order chi connectivity index (χ0) is 15.6. The molecular formula is C15H10Cl2FIO2. The molecule has 0 aliphatic heterocycles. The normalized spacial score (nSPS) is 10.5. The van der Waals surface area contributed by atoms with Crippen molar-refractivity contribution >= 4 is 51.6 Å². The monoisotopic (exact) mass is 438 g/mol. The number of ether oxygens (including phenoxy) is 1. The molecule has 0 saturated heterocycles. The van der Waals surface area contributed by atoms with Crippen LogP contribution in [0.25, 0.3) is 0 Å². The quantitative estimate of drug-likeness (QED) is 0.474. The average molecular weight is 439 g/mol. The van der Waals surface area contributed by atoms with Gasteiger partial charge in [-0.05, 0) is 53.8 Å². The summed E-state index contributed by atoms with van der Waals surface area (Å²) in [4.78, 5) is 12.5. The molecule has 0 unspecified atom stereocenters. The van der Waals surface area contributed by atoms with E-state index < -0.39 is 5.82 Å². The maximum absolute atomic E-state index is 13.1. The zero-order valence-corrected chi connectivity index (χ0v) is 14.6. The van der Waals surface area contributed by atoms with Crippen LogP contribution in [0.5, 0.6) is 5.75 Å². The Kier molecular flexibility index (Phi) is 5.46. The molecule has 0 radical (unpaired) electrons. The van der Waals surface area contributed by atoms with Gasteiger partial charge in [-0.25, -0.2) is 4.39 Å². The largest absolute Gasteiger partial charge is 0.492 e. The van der Waals surface area contributed by atoms with Crippen LogP contribution in [0.1, 0.15) is 22.8 Å². The molecule has 0 amide bonds. The van der Waals surface area contributed by atoms with E-state index in [2.05, 4.69) is 0 Å². The Morgan fingerprint density at radius 1 is 1.19 bits per heavy atom. The first-order valence-corrected chi connectivity index (χ1v) is 7.89. The summed E-state index contributed by atoms with van der Waals surface area (Å²) in [5.41, 5.74) is 0.633. The van der Waals surface area contributed by atoms with E-state index >= 15 is 0 Å². The third kappa shape index (κ3) is 3.67. The Hall–Kier alpha value is -0.850. The summed E-state index contributed by atoms with van der Waals surface area (Å²) in [6, 6.07) is 6.94. The van der Waals surface area contributed by atoms with Gasteiger partial charge in [0.05, 0.1) is 16.7 Å². The second kappa shape index (κ2) is 6.94. The van der Waals surface area contributed by atoms with Crippen LogP contribution in [0.15, 0.2) is 30.3 Å². The minimum absolute atomic E-state index is 0.243. The lowest BCUT2D eigenvalue weighted by molar-refractivity contribution is 0.103. The smallest absolute Gasteiger partial charge is 0.195 e. The van der Waals surface area contributed by atoms with Gasteiger partial charge in [0.2, 0.25) is 0 Å². The van der Waals surface area contributed by atoms with E-state index in [9.17, 15) is 9.18 Å². The molecule has 2 nitrogen and oxygen atoms in total.